The van der Waals surface area contributed by atoms with Crippen LogP contribution in [0.15, 0.2) is 67.1 Å². The number of hydrogen-bond acceptors (Lipinski definition) is 4. The third-order valence-electron chi connectivity index (χ3n) is 6.48. The van der Waals surface area contributed by atoms with Crippen molar-refractivity contribution >= 4 is 11.8 Å². The van der Waals surface area contributed by atoms with Gasteiger partial charge in [-0.05, 0) is 50.3 Å². The summed E-state index contributed by atoms with van der Waals surface area (Å²) in [6.45, 7) is 4.23. The second-order valence-electron chi connectivity index (χ2n) is 9.02. The lowest BCUT2D eigenvalue weighted by Crippen LogP contribution is -2.45. The first-order valence-electron chi connectivity index (χ1n) is 12.4. The standard InChI is InChI=1S/C28H34N4O3/c1-3-31-16-10-5-11-17-32(28(34)25-19-30(2)21-29-25)23(18-22-12-6-4-7-13-22)20-35-26-15-9-8-14-24(26)27(31)33/h4,6-9,12-15,19,21,23H,3,5,10-11,16-18,20H2,1-2H3/t23-/m0/s1. The number of ether oxygens (including phenoxy) is 1. The van der Waals surface area contributed by atoms with Crippen molar-refractivity contribution in [1.82, 2.24) is 19.4 Å². The number of carbonyl (C=O) groups excluding carboxylic acids is 2. The maximum absolute atomic E-state index is 13.6. The van der Waals surface area contributed by atoms with Crippen molar-refractivity contribution in [1.29, 1.82) is 0 Å². The summed E-state index contributed by atoms with van der Waals surface area (Å²) in [5.74, 6) is 0.450. The molecule has 0 saturated heterocycles. The van der Waals surface area contributed by atoms with Crippen molar-refractivity contribution in [3.63, 3.8) is 0 Å². The monoisotopic (exact) mass is 474 g/mol. The minimum atomic E-state index is -0.210. The number of nitrogens with zero attached hydrogens (tertiary/aromatic N) is 4. The van der Waals surface area contributed by atoms with Crippen LogP contribution in [0.1, 0.15) is 52.6 Å². The van der Waals surface area contributed by atoms with E-state index < -0.39 is 0 Å². The molecule has 0 fully saturated rings. The van der Waals surface area contributed by atoms with Gasteiger partial charge in [-0.15, -0.1) is 0 Å². The van der Waals surface area contributed by atoms with E-state index in [1.165, 1.54) is 0 Å². The lowest BCUT2D eigenvalue weighted by atomic mass is 10.0. The lowest BCUT2D eigenvalue weighted by Gasteiger charge is -2.32. The quantitative estimate of drug-likeness (QED) is 0.568. The highest BCUT2D eigenvalue weighted by Crippen LogP contribution is 2.23. The molecule has 0 unspecified atom stereocenters. The maximum Gasteiger partial charge on any atom is 0.274 e. The molecule has 184 valence electrons. The van der Waals surface area contributed by atoms with Crippen LogP contribution >= 0.6 is 0 Å². The summed E-state index contributed by atoms with van der Waals surface area (Å²) < 4.78 is 8.09. The first-order valence-corrected chi connectivity index (χ1v) is 12.4. The van der Waals surface area contributed by atoms with Crippen molar-refractivity contribution in [2.45, 2.75) is 38.6 Å². The second kappa shape index (κ2) is 11.7. The zero-order chi connectivity index (χ0) is 24.6. The van der Waals surface area contributed by atoms with Gasteiger partial charge in [-0.3, -0.25) is 9.59 Å². The minimum Gasteiger partial charge on any atom is -0.491 e. The van der Waals surface area contributed by atoms with Gasteiger partial charge in [-0.1, -0.05) is 42.5 Å². The van der Waals surface area contributed by atoms with E-state index >= 15 is 0 Å². The highest BCUT2D eigenvalue weighted by Gasteiger charge is 2.28. The van der Waals surface area contributed by atoms with Crippen LogP contribution < -0.4 is 4.74 Å². The van der Waals surface area contributed by atoms with E-state index in [1.807, 2.05) is 66.2 Å². The molecule has 0 spiro atoms. The predicted octanol–water partition coefficient (Wildman–Crippen LogP) is 4.20. The summed E-state index contributed by atoms with van der Waals surface area (Å²) in [6, 6.07) is 17.3. The molecule has 0 N–H and O–H groups in total. The molecule has 0 saturated carbocycles. The van der Waals surface area contributed by atoms with E-state index in [0.717, 1.165) is 24.8 Å². The Balaban J connectivity index is 1.68. The zero-order valence-corrected chi connectivity index (χ0v) is 20.6. The second-order valence-corrected chi connectivity index (χ2v) is 9.02. The van der Waals surface area contributed by atoms with E-state index in [4.69, 9.17) is 4.74 Å². The molecule has 2 aromatic carbocycles. The summed E-state index contributed by atoms with van der Waals surface area (Å²) >= 11 is 0. The molecule has 7 nitrogen and oxygen atoms in total. The SMILES string of the molecule is CCN1CCCCCN(C(=O)c2cn(C)cn2)[C@@H](Cc2ccccc2)COc2ccccc2C1=O. The van der Waals surface area contributed by atoms with Gasteiger partial charge in [-0.2, -0.15) is 0 Å². The number of fused-ring (bicyclic) bond motifs is 1. The fraction of sp³-hybridized carbons (Fsp3) is 0.393. The van der Waals surface area contributed by atoms with Crippen molar-refractivity contribution in [3.8, 4) is 5.75 Å². The first kappa shape index (κ1) is 24.5. The number of aryl methyl sites for hydroxylation is 1. The summed E-state index contributed by atoms with van der Waals surface area (Å²) in [7, 11) is 1.86. The number of amides is 2. The average molecular weight is 475 g/mol. The number of aromatic nitrogens is 2. The highest BCUT2D eigenvalue weighted by atomic mass is 16.5. The molecule has 0 bridgehead atoms. The Morgan fingerprint density at radius 2 is 1.77 bits per heavy atom. The van der Waals surface area contributed by atoms with E-state index in [9.17, 15) is 9.59 Å². The Hall–Kier alpha value is -3.61. The predicted molar refractivity (Wildman–Crippen MR) is 136 cm³/mol. The molecule has 1 atom stereocenters. The van der Waals surface area contributed by atoms with Crippen LogP contribution in [0.2, 0.25) is 0 Å². The van der Waals surface area contributed by atoms with Crippen LogP contribution in [-0.4, -0.2) is 63.4 Å². The first-order chi connectivity index (χ1) is 17.1. The summed E-state index contributed by atoms with van der Waals surface area (Å²) in [5, 5.41) is 0. The third kappa shape index (κ3) is 6.10. The van der Waals surface area contributed by atoms with E-state index in [0.29, 0.717) is 43.1 Å². The third-order valence-corrected chi connectivity index (χ3v) is 6.48. The Labute approximate surface area is 207 Å². The van der Waals surface area contributed by atoms with Gasteiger partial charge in [0.15, 0.2) is 0 Å². The normalized spacial score (nSPS) is 17.5. The summed E-state index contributed by atoms with van der Waals surface area (Å²) in [6.07, 6.45) is 6.72. The van der Waals surface area contributed by atoms with Crippen LogP contribution in [0.25, 0.3) is 0 Å². The van der Waals surface area contributed by atoms with Gasteiger partial charge in [0, 0.05) is 32.9 Å². The molecule has 7 heteroatoms. The van der Waals surface area contributed by atoms with E-state index in [1.54, 1.807) is 17.1 Å². The summed E-state index contributed by atoms with van der Waals surface area (Å²) in [4.78, 5) is 35.0. The molecular formula is C28H34N4O3. The number of carbonyl (C=O) groups is 2. The Morgan fingerprint density at radius 1 is 1.03 bits per heavy atom. The molecule has 4 rings (SSSR count). The molecule has 0 radical (unpaired) electrons. The van der Waals surface area contributed by atoms with Gasteiger partial charge in [0.1, 0.15) is 18.1 Å². The average Bonchev–Trinajstić information content (AvgIpc) is 3.32. The lowest BCUT2D eigenvalue weighted by molar-refractivity contribution is 0.0600. The molecule has 2 heterocycles. The van der Waals surface area contributed by atoms with Crippen LogP contribution in [-0.2, 0) is 13.5 Å². The number of benzene rings is 2. The minimum absolute atomic E-state index is 0.0108. The van der Waals surface area contributed by atoms with Gasteiger partial charge in [0.2, 0.25) is 0 Å². The Kier molecular flexibility index (Phi) is 8.19. The van der Waals surface area contributed by atoms with Crippen molar-refractivity contribution in [3.05, 3.63) is 83.9 Å². The molecule has 1 aliphatic rings. The van der Waals surface area contributed by atoms with Gasteiger partial charge >= 0.3 is 0 Å². The van der Waals surface area contributed by atoms with Gasteiger partial charge in [-0.25, -0.2) is 4.98 Å². The number of hydrogen-bond donors (Lipinski definition) is 0. The molecule has 3 aromatic rings. The van der Waals surface area contributed by atoms with E-state index in [-0.39, 0.29) is 24.5 Å². The van der Waals surface area contributed by atoms with Crippen molar-refractivity contribution in [2.24, 2.45) is 7.05 Å². The number of imidazole rings is 1. The molecule has 2 amide bonds. The Bertz CT molecular complexity index is 1130. The molecule has 35 heavy (non-hydrogen) atoms. The highest BCUT2D eigenvalue weighted by molar-refractivity contribution is 5.97. The van der Waals surface area contributed by atoms with Gasteiger partial charge in [0.05, 0.1) is 17.9 Å². The van der Waals surface area contributed by atoms with Gasteiger partial charge < -0.3 is 19.1 Å². The fourth-order valence-electron chi connectivity index (χ4n) is 4.56. The number of rotatable bonds is 4. The topological polar surface area (TPSA) is 67.7 Å². The van der Waals surface area contributed by atoms with Crippen molar-refractivity contribution < 1.29 is 14.3 Å². The van der Waals surface area contributed by atoms with Crippen LogP contribution in [0, 0.1) is 0 Å². The van der Waals surface area contributed by atoms with Crippen LogP contribution in [0.5, 0.6) is 5.75 Å². The molecule has 1 aromatic heterocycles. The van der Waals surface area contributed by atoms with Gasteiger partial charge in [0.25, 0.3) is 11.8 Å². The fourth-order valence-corrected chi connectivity index (χ4v) is 4.56. The molecule has 1 aliphatic heterocycles. The van der Waals surface area contributed by atoms with Crippen molar-refractivity contribution in [2.75, 3.05) is 26.2 Å². The number of para-hydroxylation sites is 1. The molecule has 0 aliphatic carbocycles. The van der Waals surface area contributed by atoms with E-state index in [2.05, 4.69) is 17.1 Å². The van der Waals surface area contributed by atoms with Crippen LogP contribution in [0.4, 0.5) is 0 Å². The molecular weight excluding hydrogens is 440 g/mol. The zero-order valence-electron chi connectivity index (χ0n) is 20.6. The smallest absolute Gasteiger partial charge is 0.274 e. The van der Waals surface area contributed by atoms with Crippen LogP contribution in [0.3, 0.4) is 0 Å². The summed E-state index contributed by atoms with van der Waals surface area (Å²) in [5.41, 5.74) is 2.13. The largest absolute Gasteiger partial charge is 0.491 e. The maximum atomic E-state index is 13.6. The Morgan fingerprint density at radius 3 is 2.51 bits per heavy atom.